The Morgan fingerprint density at radius 2 is 1.96 bits per heavy atom. The highest BCUT2D eigenvalue weighted by molar-refractivity contribution is 6.43. The largest absolute Gasteiger partial charge is 0.493 e. The van der Waals surface area contributed by atoms with Gasteiger partial charge in [-0.25, -0.2) is 0 Å². The van der Waals surface area contributed by atoms with Gasteiger partial charge in [-0.1, -0.05) is 35.3 Å². The van der Waals surface area contributed by atoms with Crippen molar-refractivity contribution in [3.63, 3.8) is 0 Å². The van der Waals surface area contributed by atoms with E-state index in [0.717, 1.165) is 5.56 Å². The number of nitrogens with one attached hydrogen (secondary N) is 1. The average molecular weight is 397 g/mol. The third-order valence-electron chi connectivity index (χ3n) is 3.62. The summed E-state index contributed by atoms with van der Waals surface area (Å²) in [6.45, 7) is 3.28. The molecule has 1 N–H and O–H groups in total. The number of carbonyl (C=O) groups excluding carboxylic acids is 1. The lowest BCUT2D eigenvalue weighted by molar-refractivity contribution is -0.117. The van der Waals surface area contributed by atoms with Crippen molar-refractivity contribution in [1.29, 1.82) is 0 Å². The molecule has 0 heterocycles. The fourth-order valence-corrected chi connectivity index (χ4v) is 2.84. The van der Waals surface area contributed by atoms with Gasteiger partial charge >= 0.3 is 0 Å². The maximum atomic E-state index is 12.2. The summed E-state index contributed by atoms with van der Waals surface area (Å²) in [5.41, 5.74) is 1.52. The first-order chi connectivity index (χ1) is 12.4. The average Bonchev–Trinajstić information content (AvgIpc) is 2.60. The molecule has 5 nitrogen and oxygen atoms in total. The van der Waals surface area contributed by atoms with Crippen LogP contribution in [0.25, 0.3) is 0 Å². The van der Waals surface area contributed by atoms with E-state index in [1.165, 1.54) is 0 Å². The standard InChI is InChI=1S/C19H22Cl2N2O3/c1-4-26-16-9-8-13(10-17(16)25-3)11-23(2)12-18(24)22-15-7-5-6-14(20)19(15)21/h5-10H,4,11-12H2,1-3H3,(H,22,24). The number of nitrogens with zero attached hydrogens (tertiary/aromatic N) is 1. The molecule has 0 saturated heterocycles. The molecule has 0 fully saturated rings. The summed E-state index contributed by atoms with van der Waals surface area (Å²) in [6.07, 6.45) is 0. The molecular weight excluding hydrogens is 375 g/mol. The summed E-state index contributed by atoms with van der Waals surface area (Å²) in [4.78, 5) is 14.1. The Kier molecular flexibility index (Phi) is 7.57. The first-order valence-electron chi connectivity index (χ1n) is 8.16. The number of anilines is 1. The maximum absolute atomic E-state index is 12.2. The second-order valence-corrected chi connectivity index (χ2v) is 6.53. The van der Waals surface area contributed by atoms with Gasteiger partial charge in [-0.3, -0.25) is 9.69 Å². The number of hydrogen-bond acceptors (Lipinski definition) is 4. The minimum absolute atomic E-state index is 0.172. The summed E-state index contributed by atoms with van der Waals surface area (Å²) in [5.74, 6) is 1.21. The van der Waals surface area contributed by atoms with Gasteiger partial charge in [0.15, 0.2) is 11.5 Å². The van der Waals surface area contributed by atoms with Gasteiger partial charge < -0.3 is 14.8 Å². The number of carbonyl (C=O) groups is 1. The van der Waals surface area contributed by atoms with Crippen LogP contribution in [0, 0.1) is 0 Å². The molecule has 0 bridgehead atoms. The molecule has 0 saturated carbocycles. The van der Waals surface area contributed by atoms with Gasteiger partial charge in [0, 0.05) is 6.54 Å². The molecule has 26 heavy (non-hydrogen) atoms. The summed E-state index contributed by atoms with van der Waals surface area (Å²) in [7, 11) is 3.47. The number of amides is 1. The van der Waals surface area contributed by atoms with Crippen LogP contribution in [0.15, 0.2) is 36.4 Å². The zero-order chi connectivity index (χ0) is 19.1. The third kappa shape index (κ3) is 5.53. The van der Waals surface area contributed by atoms with Crippen molar-refractivity contribution in [2.24, 2.45) is 0 Å². The molecule has 0 radical (unpaired) electrons. The summed E-state index contributed by atoms with van der Waals surface area (Å²) < 4.78 is 10.9. The Morgan fingerprint density at radius 3 is 2.65 bits per heavy atom. The third-order valence-corrected chi connectivity index (χ3v) is 4.44. The van der Waals surface area contributed by atoms with E-state index in [9.17, 15) is 4.79 Å². The molecule has 2 aromatic carbocycles. The highest BCUT2D eigenvalue weighted by Crippen LogP contribution is 2.30. The fourth-order valence-electron chi connectivity index (χ4n) is 2.49. The van der Waals surface area contributed by atoms with Crippen LogP contribution in [0.2, 0.25) is 10.0 Å². The van der Waals surface area contributed by atoms with Crippen molar-refractivity contribution in [3.05, 3.63) is 52.0 Å². The minimum atomic E-state index is -0.172. The molecule has 1 amide bonds. The topological polar surface area (TPSA) is 50.8 Å². The molecule has 0 aliphatic heterocycles. The van der Waals surface area contributed by atoms with E-state index in [2.05, 4.69) is 5.32 Å². The quantitative estimate of drug-likeness (QED) is 0.714. The van der Waals surface area contributed by atoms with Gasteiger partial charge in [0.05, 0.1) is 36.0 Å². The van der Waals surface area contributed by atoms with E-state index >= 15 is 0 Å². The Balaban J connectivity index is 1.96. The van der Waals surface area contributed by atoms with Crippen LogP contribution in [0.4, 0.5) is 5.69 Å². The van der Waals surface area contributed by atoms with Crippen LogP contribution < -0.4 is 14.8 Å². The van der Waals surface area contributed by atoms with Crippen molar-refractivity contribution >= 4 is 34.8 Å². The maximum Gasteiger partial charge on any atom is 0.238 e. The van der Waals surface area contributed by atoms with E-state index in [1.807, 2.05) is 37.1 Å². The van der Waals surface area contributed by atoms with Crippen molar-refractivity contribution < 1.29 is 14.3 Å². The number of rotatable bonds is 8. The van der Waals surface area contributed by atoms with Crippen molar-refractivity contribution in [3.8, 4) is 11.5 Å². The summed E-state index contributed by atoms with van der Waals surface area (Å²) >= 11 is 12.0. The highest BCUT2D eigenvalue weighted by Gasteiger charge is 2.12. The fraction of sp³-hybridized carbons (Fsp3) is 0.316. The van der Waals surface area contributed by atoms with Crippen LogP contribution >= 0.6 is 23.2 Å². The Hall–Kier alpha value is -1.95. The van der Waals surface area contributed by atoms with E-state index < -0.39 is 0 Å². The van der Waals surface area contributed by atoms with E-state index in [1.54, 1.807) is 25.3 Å². The van der Waals surface area contributed by atoms with Crippen LogP contribution in [0.1, 0.15) is 12.5 Å². The number of methoxy groups -OCH3 is 1. The predicted molar refractivity (Wildman–Crippen MR) is 106 cm³/mol. The molecule has 0 aliphatic carbocycles. The van der Waals surface area contributed by atoms with E-state index in [4.69, 9.17) is 32.7 Å². The molecule has 0 aromatic heterocycles. The summed E-state index contributed by atoms with van der Waals surface area (Å²) in [6, 6.07) is 10.9. The smallest absolute Gasteiger partial charge is 0.238 e. The van der Waals surface area contributed by atoms with Crippen LogP contribution in [0.5, 0.6) is 11.5 Å². The predicted octanol–water partition coefficient (Wildman–Crippen LogP) is 4.47. The van der Waals surface area contributed by atoms with Crippen LogP contribution in [-0.4, -0.2) is 38.1 Å². The number of ether oxygens (including phenoxy) is 2. The highest BCUT2D eigenvalue weighted by atomic mass is 35.5. The second-order valence-electron chi connectivity index (χ2n) is 5.74. The Morgan fingerprint density at radius 1 is 1.19 bits per heavy atom. The Bertz CT molecular complexity index is 768. The molecule has 140 valence electrons. The lowest BCUT2D eigenvalue weighted by atomic mass is 10.2. The molecule has 2 aromatic rings. The molecule has 0 unspecified atom stereocenters. The molecule has 7 heteroatoms. The number of hydrogen-bond donors (Lipinski definition) is 1. The van der Waals surface area contributed by atoms with Gasteiger partial charge in [-0.2, -0.15) is 0 Å². The molecule has 0 atom stereocenters. The van der Waals surface area contributed by atoms with Crippen molar-refractivity contribution in [1.82, 2.24) is 4.90 Å². The number of likely N-dealkylation sites (N-methyl/N-ethyl adjacent to an activating group) is 1. The number of halogens is 2. The molecular formula is C19H22Cl2N2O3. The first kappa shape index (κ1) is 20.4. The SMILES string of the molecule is CCOc1ccc(CN(C)CC(=O)Nc2cccc(Cl)c2Cl)cc1OC. The monoisotopic (exact) mass is 396 g/mol. The van der Waals surface area contributed by atoms with Gasteiger partial charge in [0.25, 0.3) is 0 Å². The normalized spacial score (nSPS) is 10.7. The van der Waals surface area contributed by atoms with Gasteiger partial charge in [0.2, 0.25) is 5.91 Å². The molecule has 2 rings (SSSR count). The summed E-state index contributed by atoms with van der Waals surface area (Å²) in [5, 5.41) is 3.51. The first-order valence-corrected chi connectivity index (χ1v) is 8.92. The number of benzene rings is 2. The van der Waals surface area contributed by atoms with E-state index in [-0.39, 0.29) is 12.5 Å². The molecule has 0 aliphatic rings. The van der Waals surface area contributed by atoms with E-state index in [0.29, 0.717) is 40.4 Å². The van der Waals surface area contributed by atoms with Gasteiger partial charge in [-0.05, 0) is 43.8 Å². The molecule has 0 spiro atoms. The van der Waals surface area contributed by atoms with Crippen molar-refractivity contribution in [2.45, 2.75) is 13.5 Å². The van der Waals surface area contributed by atoms with Crippen LogP contribution in [0.3, 0.4) is 0 Å². The lowest BCUT2D eigenvalue weighted by Gasteiger charge is -2.18. The lowest BCUT2D eigenvalue weighted by Crippen LogP contribution is -2.29. The van der Waals surface area contributed by atoms with Crippen molar-refractivity contribution in [2.75, 3.05) is 32.6 Å². The zero-order valence-corrected chi connectivity index (χ0v) is 16.5. The van der Waals surface area contributed by atoms with Gasteiger partial charge in [0.1, 0.15) is 0 Å². The zero-order valence-electron chi connectivity index (χ0n) is 15.0. The van der Waals surface area contributed by atoms with Crippen LogP contribution in [-0.2, 0) is 11.3 Å². The van der Waals surface area contributed by atoms with Gasteiger partial charge in [-0.15, -0.1) is 0 Å². The Labute approximate surface area is 163 Å². The minimum Gasteiger partial charge on any atom is -0.493 e. The second kappa shape index (κ2) is 9.67.